The summed E-state index contributed by atoms with van der Waals surface area (Å²) in [5, 5.41) is 13.5. The molecule has 1 rings (SSSR count). The van der Waals surface area contributed by atoms with Gasteiger partial charge < -0.3 is 5.32 Å². The van der Waals surface area contributed by atoms with Crippen molar-refractivity contribution in [1.29, 1.82) is 0 Å². The number of rotatable bonds is 5. The predicted molar refractivity (Wildman–Crippen MR) is 68.3 cm³/mol. The number of carbonyl (C=O) groups is 1. The summed E-state index contributed by atoms with van der Waals surface area (Å²) in [4.78, 5) is 21.1. The lowest BCUT2D eigenvalue weighted by atomic mass is 10.1. The number of halogens is 3. The fourth-order valence-electron chi connectivity index (χ4n) is 1.29. The molecule has 8 heteroatoms. The average molecular weight is 337 g/mol. The van der Waals surface area contributed by atoms with Gasteiger partial charge in [-0.15, -0.1) is 0 Å². The lowest BCUT2D eigenvalue weighted by Gasteiger charge is -2.10. The van der Waals surface area contributed by atoms with E-state index in [0.29, 0.717) is 17.5 Å². The summed E-state index contributed by atoms with van der Waals surface area (Å²) >= 11 is 3.20. The molecule has 1 amide bonds. The van der Waals surface area contributed by atoms with Crippen LogP contribution in [-0.2, 0) is 0 Å². The highest BCUT2D eigenvalue weighted by Gasteiger charge is 2.24. The minimum Gasteiger partial charge on any atom is -0.352 e. The van der Waals surface area contributed by atoms with Gasteiger partial charge in [0.2, 0.25) is 5.82 Å². The number of amides is 1. The van der Waals surface area contributed by atoms with Gasteiger partial charge in [-0.25, -0.2) is 4.39 Å². The zero-order valence-corrected chi connectivity index (χ0v) is 11.5. The van der Waals surface area contributed by atoms with Crippen molar-refractivity contribution in [2.24, 2.45) is 5.92 Å². The van der Waals surface area contributed by atoms with Gasteiger partial charge in [0, 0.05) is 11.9 Å². The Bertz CT molecular complexity index is 511. The molecule has 0 spiro atoms. The van der Waals surface area contributed by atoms with Gasteiger partial charge in [0.1, 0.15) is 5.82 Å². The summed E-state index contributed by atoms with van der Waals surface area (Å²) in [6, 6.07) is 1.07. The fourth-order valence-corrected chi connectivity index (χ4v) is 1.52. The monoisotopic (exact) mass is 336 g/mol. The molecule has 1 unspecified atom stereocenters. The molecular weight excluding hydrogens is 326 g/mol. The number of alkyl halides is 1. The van der Waals surface area contributed by atoms with Crippen molar-refractivity contribution in [3.05, 3.63) is 39.4 Å². The number of nitro groups is 1. The first kappa shape index (κ1) is 15.5. The second kappa shape index (κ2) is 6.55. The molecule has 104 valence electrons. The van der Waals surface area contributed by atoms with E-state index in [4.69, 9.17) is 0 Å². The third-order valence-electron chi connectivity index (χ3n) is 2.33. The molecule has 1 atom stereocenters. The SMILES string of the molecule is CC(CBr)CNC(=O)c1cc(F)cc([N+](=O)[O-])c1F. The zero-order valence-electron chi connectivity index (χ0n) is 9.95. The van der Waals surface area contributed by atoms with Gasteiger partial charge in [-0.3, -0.25) is 14.9 Å². The second-order valence-electron chi connectivity index (χ2n) is 4.01. The summed E-state index contributed by atoms with van der Waals surface area (Å²) in [7, 11) is 0. The molecule has 1 N–H and O–H groups in total. The number of hydrogen-bond acceptors (Lipinski definition) is 3. The third-order valence-corrected chi connectivity index (χ3v) is 3.44. The zero-order chi connectivity index (χ0) is 14.6. The molecule has 0 saturated carbocycles. The number of nitrogens with one attached hydrogen (secondary N) is 1. The van der Waals surface area contributed by atoms with Crippen LogP contribution in [0.25, 0.3) is 0 Å². The molecule has 0 fully saturated rings. The lowest BCUT2D eigenvalue weighted by Crippen LogP contribution is -2.29. The summed E-state index contributed by atoms with van der Waals surface area (Å²) in [6.45, 7) is 2.08. The van der Waals surface area contributed by atoms with Gasteiger partial charge in [-0.05, 0) is 12.0 Å². The van der Waals surface area contributed by atoms with Crippen molar-refractivity contribution >= 4 is 27.5 Å². The summed E-state index contributed by atoms with van der Waals surface area (Å²) in [5.41, 5.74) is -1.73. The minimum absolute atomic E-state index is 0.0931. The molecule has 1 aromatic carbocycles. The van der Waals surface area contributed by atoms with Crippen molar-refractivity contribution in [3.8, 4) is 0 Å². The highest BCUT2D eigenvalue weighted by atomic mass is 79.9. The van der Waals surface area contributed by atoms with Crippen LogP contribution in [0, 0.1) is 27.7 Å². The Morgan fingerprint density at radius 2 is 2.16 bits per heavy atom. The summed E-state index contributed by atoms with van der Waals surface area (Å²) < 4.78 is 26.8. The summed E-state index contributed by atoms with van der Waals surface area (Å²) in [6.07, 6.45) is 0. The third kappa shape index (κ3) is 3.95. The Balaban J connectivity index is 3.00. The van der Waals surface area contributed by atoms with Crippen LogP contribution in [0.2, 0.25) is 0 Å². The number of hydrogen-bond donors (Lipinski definition) is 1. The molecule has 19 heavy (non-hydrogen) atoms. The Labute approximate surface area is 116 Å². The van der Waals surface area contributed by atoms with Crippen molar-refractivity contribution < 1.29 is 18.5 Å². The average Bonchev–Trinajstić information content (AvgIpc) is 2.37. The quantitative estimate of drug-likeness (QED) is 0.510. The first-order valence-corrected chi connectivity index (χ1v) is 6.46. The number of carbonyl (C=O) groups excluding carboxylic acids is 1. The Kier molecular flexibility index (Phi) is 5.34. The van der Waals surface area contributed by atoms with Crippen LogP contribution >= 0.6 is 15.9 Å². The van der Waals surface area contributed by atoms with E-state index >= 15 is 0 Å². The van der Waals surface area contributed by atoms with E-state index in [0.717, 1.165) is 0 Å². The molecule has 0 aliphatic heterocycles. The Morgan fingerprint density at radius 3 is 2.68 bits per heavy atom. The van der Waals surface area contributed by atoms with E-state index < -0.39 is 33.7 Å². The Morgan fingerprint density at radius 1 is 1.53 bits per heavy atom. The maximum absolute atomic E-state index is 13.7. The topological polar surface area (TPSA) is 72.2 Å². The molecule has 1 aromatic rings. The van der Waals surface area contributed by atoms with Crippen molar-refractivity contribution in [2.45, 2.75) is 6.92 Å². The normalized spacial score (nSPS) is 12.0. The van der Waals surface area contributed by atoms with Crippen LogP contribution in [0.4, 0.5) is 14.5 Å². The lowest BCUT2D eigenvalue weighted by molar-refractivity contribution is -0.387. The molecular formula is C11H11BrF2N2O3. The van der Waals surface area contributed by atoms with Gasteiger partial charge in [0.15, 0.2) is 0 Å². The van der Waals surface area contributed by atoms with Gasteiger partial charge in [0.25, 0.3) is 5.91 Å². The van der Waals surface area contributed by atoms with Crippen LogP contribution in [0.3, 0.4) is 0 Å². The maximum atomic E-state index is 13.7. The van der Waals surface area contributed by atoms with Gasteiger partial charge in [-0.2, -0.15) is 4.39 Å². The molecule has 0 saturated heterocycles. The van der Waals surface area contributed by atoms with Crippen LogP contribution in [0.15, 0.2) is 12.1 Å². The van der Waals surface area contributed by atoms with Crippen molar-refractivity contribution in [2.75, 3.05) is 11.9 Å². The second-order valence-corrected chi connectivity index (χ2v) is 4.66. The van der Waals surface area contributed by atoms with Crippen molar-refractivity contribution in [1.82, 2.24) is 5.32 Å². The molecule has 0 aliphatic carbocycles. The largest absolute Gasteiger partial charge is 0.352 e. The fraction of sp³-hybridized carbons (Fsp3) is 0.364. The van der Waals surface area contributed by atoms with E-state index in [2.05, 4.69) is 21.2 Å². The summed E-state index contributed by atoms with van der Waals surface area (Å²) in [5.74, 6) is -3.16. The van der Waals surface area contributed by atoms with E-state index in [1.165, 1.54) is 0 Å². The molecule has 0 aliphatic rings. The van der Waals surface area contributed by atoms with E-state index in [1.807, 2.05) is 6.92 Å². The number of nitrogens with zero attached hydrogens (tertiary/aromatic N) is 1. The van der Waals surface area contributed by atoms with Crippen LogP contribution in [-0.4, -0.2) is 22.7 Å². The predicted octanol–water partition coefficient (Wildman–Crippen LogP) is 2.63. The van der Waals surface area contributed by atoms with Gasteiger partial charge in [0.05, 0.1) is 16.6 Å². The minimum atomic E-state index is -1.34. The van der Waals surface area contributed by atoms with Crippen molar-refractivity contribution in [3.63, 3.8) is 0 Å². The highest BCUT2D eigenvalue weighted by molar-refractivity contribution is 9.09. The number of nitro benzene ring substituents is 1. The van der Waals surface area contributed by atoms with Crippen LogP contribution < -0.4 is 5.32 Å². The van der Waals surface area contributed by atoms with E-state index in [-0.39, 0.29) is 12.5 Å². The maximum Gasteiger partial charge on any atom is 0.308 e. The van der Waals surface area contributed by atoms with E-state index in [9.17, 15) is 23.7 Å². The molecule has 0 radical (unpaired) electrons. The molecule has 5 nitrogen and oxygen atoms in total. The van der Waals surface area contributed by atoms with Crippen LogP contribution in [0.1, 0.15) is 17.3 Å². The first-order chi connectivity index (χ1) is 8.86. The molecule has 0 heterocycles. The standard InChI is InChI=1S/C11H11BrF2N2O3/c1-6(4-12)5-15-11(17)8-2-7(13)3-9(10(8)14)16(18)19/h2-3,6H,4-5H2,1H3,(H,15,17). The van der Waals surface area contributed by atoms with Gasteiger partial charge >= 0.3 is 5.69 Å². The molecule has 0 bridgehead atoms. The van der Waals surface area contributed by atoms with Crippen LogP contribution in [0.5, 0.6) is 0 Å². The highest BCUT2D eigenvalue weighted by Crippen LogP contribution is 2.22. The molecule has 0 aromatic heterocycles. The Hall–Kier alpha value is -1.57. The number of benzene rings is 1. The van der Waals surface area contributed by atoms with E-state index in [1.54, 1.807) is 0 Å². The smallest absolute Gasteiger partial charge is 0.308 e. The van der Waals surface area contributed by atoms with Gasteiger partial charge in [-0.1, -0.05) is 22.9 Å². The first-order valence-electron chi connectivity index (χ1n) is 5.34.